The van der Waals surface area contributed by atoms with Crippen molar-refractivity contribution in [1.29, 1.82) is 0 Å². The number of nitrogens with zero attached hydrogens (tertiary/aromatic N) is 1. The van der Waals surface area contributed by atoms with Crippen molar-refractivity contribution >= 4 is 0 Å². The minimum absolute atomic E-state index is 0.311. The van der Waals surface area contributed by atoms with Gasteiger partial charge in [0.05, 0.1) is 6.61 Å². The zero-order valence-corrected chi connectivity index (χ0v) is 12.4. The maximum absolute atomic E-state index is 5.10. The lowest BCUT2D eigenvalue weighted by Gasteiger charge is -2.50. The number of ether oxygens (including phenoxy) is 1. The molecule has 106 valence electrons. The number of hydrogen-bond acceptors (Lipinski definition) is 3. The van der Waals surface area contributed by atoms with Crippen LogP contribution in [0.25, 0.3) is 0 Å². The molecule has 1 fully saturated rings. The highest BCUT2D eigenvalue weighted by molar-refractivity contribution is 5.27. The second-order valence-corrected chi connectivity index (χ2v) is 6.10. The Labute approximate surface area is 116 Å². The topological polar surface area (TPSA) is 34.1 Å². The van der Waals surface area contributed by atoms with Gasteiger partial charge < -0.3 is 10.1 Å². The normalized spacial score (nSPS) is 26.4. The van der Waals surface area contributed by atoms with Crippen LogP contribution in [-0.2, 0) is 10.2 Å². The zero-order valence-electron chi connectivity index (χ0n) is 12.4. The first-order chi connectivity index (χ1) is 9.18. The summed E-state index contributed by atoms with van der Waals surface area (Å²) in [5.74, 6) is 1.64. The smallest absolute Gasteiger partial charge is 0.0587 e. The molecular weight excluding hydrogens is 236 g/mol. The molecule has 0 unspecified atom stereocenters. The van der Waals surface area contributed by atoms with E-state index in [-0.39, 0.29) is 0 Å². The first-order valence-electron chi connectivity index (χ1n) is 7.28. The summed E-state index contributed by atoms with van der Waals surface area (Å²) in [6.45, 7) is 7.41. The lowest BCUT2D eigenvalue weighted by Crippen LogP contribution is -2.50. The van der Waals surface area contributed by atoms with Crippen LogP contribution in [0.3, 0.4) is 0 Å². The SMILES string of the molecule is COCCNCC1(c2ccncc2)CC(C(C)C)C1. The molecule has 3 nitrogen and oxygen atoms in total. The van der Waals surface area contributed by atoms with Crippen molar-refractivity contribution < 1.29 is 4.74 Å². The van der Waals surface area contributed by atoms with Crippen molar-refractivity contribution in [3.63, 3.8) is 0 Å². The minimum Gasteiger partial charge on any atom is -0.383 e. The molecule has 3 heteroatoms. The van der Waals surface area contributed by atoms with Crippen molar-refractivity contribution in [3.05, 3.63) is 30.1 Å². The summed E-state index contributed by atoms with van der Waals surface area (Å²) in [7, 11) is 1.75. The van der Waals surface area contributed by atoms with Crippen LogP contribution in [0.4, 0.5) is 0 Å². The van der Waals surface area contributed by atoms with Crippen molar-refractivity contribution in [2.24, 2.45) is 11.8 Å². The largest absolute Gasteiger partial charge is 0.383 e. The van der Waals surface area contributed by atoms with E-state index in [9.17, 15) is 0 Å². The summed E-state index contributed by atoms with van der Waals surface area (Å²) in [6, 6.07) is 4.35. The van der Waals surface area contributed by atoms with Crippen LogP contribution in [0.1, 0.15) is 32.3 Å². The van der Waals surface area contributed by atoms with Gasteiger partial charge in [0.25, 0.3) is 0 Å². The van der Waals surface area contributed by atoms with Crippen molar-refractivity contribution in [2.45, 2.75) is 32.1 Å². The van der Waals surface area contributed by atoms with E-state index in [1.54, 1.807) is 7.11 Å². The Morgan fingerprint density at radius 3 is 2.63 bits per heavy atom. The molecule has 1 aromatic heterocycles. The Kier molecular flexibility index (Phi) is 4.94. The van der Waals surface area contributed by atoms with Crippen LogP contribution < -0.4 is 5.32 Å². The second-order valence-electron chi connectivity index (χ2n) is 6.10. The zero-order chi connectivity index (χ0) is 13.7. The third-order valence-electron chi connectivity index (χ3n) is 4.49. The minimum atomic E-state index is 0.311. The van der Waals surface area contributed by atoms with E-state index in [2.05, 4.69) is 36.3 Å². The van der Waals surface area contributed by atoms with Gasteiger partial charge in [-0.25, -0.2) is 0 Å². The van der Waals surface area contributed by atoms with Gasteiger partial charge in [0, 0.05) is 38.0 Å². The Morgan fingerprint density at radius 1 is 1.37 bits per heavy atom. The summed E-state index contributed by atoms with van der Waals surface area (Å²) in [5.41, 5.74) is 1.75. The standard InChI is InChI=1S/C16H26N2O/c1-13(2)14-10-16(11-14,12-18-8-9-19-3)15-4-6-17-7-5-15/h4-7,13-14,18H,8-12H2,1-3H3. The average Bonchev–Trinajstić information content (AvgIpc) is 2.37. The van der Waals surface area contributed by atoms with E-state index < -0.39 is 0 Å². The maximum Gasteiger partial charge on any atom is 0.0587 e. The van der Waals surface area contributed by atoms with Gasteiger partial charge in [0.2, 0.25) is 0 Å². The molecule has 0 atom stereocenters. The summed E-state index contributed by atoms with van der Waals surface area (Å²) in [4.78, 5) is 4.14. The third-order valence-corrected chi connectivity index (χ3v) is 4.49. The van der Waals surface area contributed by atoms with Crippen molar-refractivity contribution in [1.82, 2.24) is 10.3 Å². The van der Waals surface area contributed by atoms with Crippen LogP contribution >= 0.6 is 0 Å². The third kappa shape index (κ3) is 3.34. The van der Waals surface area contributed by atoms with Crippen molar-refractivity contribution in [2.75, 3.05) is 26.8 Å². The molecule has 0 aromatic carbocycles. The van der Waals surface area contributed by atoms with E-state index in [1.165, 1.54) is 18.4 Å². The number of aromatic nitrogens is 1. The Morgan fingerprint density at radius 2 is 2.05 bits per heavy atom. The highest BCUT2D eigenvalue weighted by Gasteiger charge is 2.45. The highest BCUT2D eigenvalue weighted by atomic mass is 16.5. The van der Waals surface area contributed by atoms with Gasteiger partial charge in [-0.15, -0.1) is 0 Å². The van der Waals surface area contributed by atoms with Gasteiger partial charge in [0.15, 0.2) is 0 Å². The van der Waals surface area contributed by atoms with E-state index >= 15 is 0 Å². The van der Waals surface area contributed by atoms with Gasteiger partial charge in [-0.3, -0.25) is 4.98 Å². The molecule has 0 spiro atoms. The summed E-state index contributed by atoms with van der Waals surface area (Å²) >= 11 is 0. The molecule has 1 N–H and O–H groups in total. The molecule has 1 aromatic rings. The van der Waals surface area contributed by atoms with Gasteiger partial charge in [-0.2, -0.15) is 0 Å². The fraction of sp³-hybridized carbons (Fsp3) is 0.688. The average molecular weight is 262 g/mol. The predicted octanol–water partition coefficient (Wildman–Crippen LogP) is 2.62. The molecule has 1 aliphatic rings. The van der Waals surface area contributed by atoms with Gasteiger partial charge in [-0.05, 0) is 42.4 Å². The highest BCUT2D eigenvalue weighted by Crippen LogP contribution is 2.50. The molecule has 0 saturated heterocycles. The molecule has 19 heavy (non-hydrogen) atoms. The number of rotatable bonds is 7. The number of methoxy groups -OCH3 is 1. The fourth-order valence-corrected chi connectivity index (χ4v) is 3.10. The first kappa shape index (κ1) is 14.5. The van der Waals surface area contributed by atoms with Crippen LogP contribution in [0.5, 0.6) is 0 Å². The number of hydrogen-bond donors (Lipinski definition) is 1. The molecule has 0 amide bonds. The second kappa shape index (κ2) is 6.49. The summed E-state index contributed by atoms with van der Waals surface area (Å²) in [6.07, 6.45) is 6.40. The summed E-state index contributed by atoms with van der Waals surface area (Å²) < 4.78 is 5.10. The molecular formula is C16H26N2O. The Balaban J connectivity index is 1.99. The molecule has 1 saturated carbocycles. The van der Waals surface area contributed by atoms with E-state index in [1.807, 2.05) is 12.4 Å². The van der Waals surface area contributed by atoms with Crippen molar-refractivity contribution in [3.8, 4) is 0 Å². The first-order valence-corrected chi connectivity index (χ1v) is 7.28. The Bertz CT molecular complexity index is 372. The quantitative estimate of drug-likeness (QED) is 0.767. The van der Waals surface area contributed by atoms with Gasteiger partial charge in [0.1, 0.15) is 0 Å². The molecule has 2 rings (SSSR count). The lowest BCUT2D eigenvalue weighted by molar-refractivity contribution is 0.0948. The number of nitrogens with one attached hydrogen (secondary N) is 1. The molecule has 0 radical (unpaired) electrons. The van der Waals surface area contributed by atoms with E-state index in [4.69, 9.17) is 4.74 Å². The lowest BCUT2D eigenvalue weighted by atomic mass is 9.56. The van der Waals surface area contributed by atoms with E-state index in [0.717, 1.165) is 31.5 Å². The maximum atomic E-state index is 5.10. The van der Waals surface area contributed by atoms with Crippen LogP contribution in [0.2, 0.25) is 0 Å². The van der Waals surface area contributed by atoms with E-state index in [0.29, 0.717) is 5.41 Å². The molecule has 0 bridgehead atoms. The van der Waals surface area contributed by atoms with Crippen LogP contribution in [-0.4, -0.2) is 31.8 Å². The van der Waals surface area contributed by atoms with Gasteiger partial charge >= 0.3 is 0 Å². The summed E-state index contributed by atoms with van der Waals surface area (Å²) in [5, 5.41) is 3.54. The van der Waals surface area contributed by atoms with Crippen LogP contribution in [0, 0.1) is 11.8 Å². The Hall–Kier alpha value is -0.930. The predicted molar refractivity (Wildman–Crippen MR) is 78.2 cm³/mol. The van der Waals surface area contributed by atoms with Gasteiger partial charge in [-0.1, -0.05) is 13.8 Å². The fourth-order valence-electron chi connectivity index (χ4n) is 3.10. The number of pyridine rings is 1. The monoisotopic (exact) mass is 262 g/mol. The molecule has 1 heterocycles. The van der Waals surface area contributed by atoms with Crippen LogP contribution in [0.15, 0.2) is 24.5 Å². The molecule has 0 aliphatic heterocycles. The molecule has 1 aliphatic carbocycles.